The van der Waals surface area contributed by atoms with E-state index < -0.39 is 11.6 Å². The lowest BCUT2D eigenvalue weighted by molar-refractivity contribution is 0.303. The van der Waals surface area contributed by atoms with Gasteiger partial charge in [0.15, 0.2) is 17.4 Å². The molecule has 0 aliphatic heterocycles. The number of ether oxygens (including phenoxy) is 1. The van der Waals surface area contributed by atoms with Crippen molar-refractivity contribution in [2.45, 2.75) is 6.92 Å². The highest BCUT2D eigenvalue weighted by Crippen LogP contribution is 2.19. The summed E-state index contributed by atoms with van der Waals surface area (Å²) in [6.07, 6.45) is 0. The van der Waals surface area contributed by atoms with E-state index >= 15 is 0 Å². The first-order valence-corrected chi connectivity index (χ1v) is 3.52. The zero-order valence-corrected chi connectivity index (χ0v) is 6.60. The summed E-state index contributed by atoms with van der Waals surface area (Å²) in [5.41, 5.74) is 0.0495. The fourth-order valence-corrected chi connectivity index (χ4v) is 0.862. The van der Waals surface area contributed by atoms with E-state index in [1.807, 2.05) is 0 Å². The van der Waals surface area contributed by atoms with Gasteiger partial charge in [-0.3, -0.25) is 0 Å². The third kappa shape index (κ3) is 1.75. The van der Waals surface area contributed by atoms with Gasteiger partial charge in [-0.15, -0.1) is 0 Å². The molecule has 0 saturated carbocycles. The van der Waals surface area contributed by atoms with Crippen LogP contribution >= 0.6 is 0 Å². The summed E-state index contributed by atoms with van der Waals surface area (Å²) in [6, 6.07) is 2.04. The van der Waals surface area contributed by atoms with Gasteiger partial charge in [0.2, 0.25) is 0 Å². The summed E-state index contributed by atoms with van der Waals surface area (Å²) in [6.45, 7) is 1.87. The van der Waals surface area contributed by atoms with Crippen LogP contribution in [-0.4, -0.2) is 14.5 Å². The molecule has 3 radical (unpaired) electrons. The Labute approximate surface area is 70.8 Å². The van der Waals surface area contributed by atoms with Crippen molar-refractivity contribution >= 4 is 13.3 Å². The van der Waals surface area contributed by atoms with Crippen LogP contribution in [0.2, 0.25) is 0 Å². The van der Waals surface area contributed by atoms with Crippen LogP contribution in [0.4, 0.5) is 8.78 Å². The smallest absolute Gasteiger partial charge is 0.190 e. The van der Waals surface area contributed by atoms with Gasteiger partial charge in [0.25, 0.3) is 0 Å². The highest BCUT2D eigenvalue weighted by atomic mass is 19.1. The van der Waals surface area contributed by atoms with Crippen LogP contribution in [0.25, 0.3) is 0 Å². The molecule has 1 nitrogen and oxygen atoms in total. The van der Waals surface area contributed by atoms with Gasteiger partial charge in [-0.25, -0.2) is 8.78 Å². The Morgan fingerprint density at radius 2 is 1.83 bits per heavy atom. The number of halogens is 2. The molecule has 0 N–H and O–H groups in total. The second-order valence-corrected chi connectivity index (χ2v) is 2.25. The van der Waals surface area contributed by atoms with Crippen molar-refractivity contribution in [2.24, 2.45) is 0 Å². The molecule has 1 rings (SSSR count). The van der Waals surface area contributed by atoms with Crippen molar-refractivity contribution in [3.8, 4) is 5.75 Å². The zero-order chi connectivity index (χ0) is 9.14. The maximum Gasteiger partial charge on any atom is 0.190 e. The zero-order valence-electron chi connectivity index (χ0n) is 6.60. The molecule has 0 spiro atoms. The Morgan fingerprint density at radius 3 is 2.25 bits per heavy atom. The summed E-state index contributed by atoms with van der Waals surface area (Å²) in [5.74, 6) is -1.91. The summed E-state index contributed by atoms with van der Waals surface area (Å²) >= 11 is 0. The standard InChI is InChI=1S/C8H7BF2O/c1-2-12-8-6(10)3-5(9)4-7(8)11/h3-4H,2H2,1H3/q-1. The van der Waals surface area contributed by atoms with Crippen LogP contribution in [0.5, 0.6) is 5.75 Å². The van der Waals surface area contributed by atoms with E-state index in [4.69, 9.17) is 12.6 Å². The maximum absolute atomic E-state index is 12.9. The molecule has 12 heavy (non-hydrogen) atoms. The van der Waals surface area contributed by atoms with Crippen molar-refractivity contribution in [2.75, 3.05) is 6.61 Å². The van der Waals surface area contributed by atoms with E-state index in [-0.39, 0.29) is 17.8 Å². The quantitative estimate of drug-likeness (QED) is 0.602. The third-order valence-electron chi connectivity index (χ3n) is 1.31. The second-order valence-electron chi connectivity index (χ2n) is 2.25. The lowest BCUT2D eigenvalue weighted by Gasteiger charge is -2.11. The normalized spacial score (nSPS) is 10.0. The van der Waals surface area contributed by atoms with E-state index in [1.54, 1.807) is 6.92 Å². The molecule has 0 aromatic heterocycles. The van der Waals surface area contributed by atoms with Crippen LogP contribution in [0.1, 0.15) is 6.92 Å². The molecule has 0 unspecified atom stereocenters. The molecule has 63 valence electrons. The largest absolute Gasteiger partial charge is 0.580 e. The maximum atomic E-state index is 12.9. The lowest BCUT2D eigenvalue weighted by atomic mass is 9.96. The van der Waals surface area contributed by atoms with Gasteiger partial charge in [0.05, 0.1) is 6.61 Å². The summed E-state index contributed by atoms with van der Waals surface area (Å²) in [7, 11) is 5.19. The minimum atomic E-state index is -0.769. The molecular weight excluding hydrogens is 161 g/mol. The minimum absolute atomic E-state index is 0.0495. The van der Waals surface area contributed by atoms with E-state index in [9.17, 15) is 8.78 Å². The van der Waals surface area contributed by atoms with Crippen molar-refractivity contribution in [3.05, 3.63) is 23.8 Å². The van der Waals surface area contributed by atoms with E-state index in [1.165, 1.54) is 0 Å². The predicted molar refractivity (Wildman–Crippen MR) is 42.9 cm³/mol. The van der Waals surface area contributed by atoms with Gasteiger partial charge >= 0.3 is 0 Å². The Kier molecular flexibility index (Phi) is 2.68. The first kappa shape index (κ1) is 9.04. The van der Waals surface area contributed by atoms with E-state index in [0.717, 1.165) is 12.1 Å². The van der Waals surface area contributed by atoms with Crippen LogP contribution < -0.4 is 10.2 Å². The molecule has 0 aliphatic rings. The van der Waals surface area contributed by atoms with Gasteiger partial charge in [-0.2, -0.15) is 0 Å². The van der Waals surface area contributed by atoms with Crippen molar-refractivity contribution < 1.29 is 13.5 Å². The molecule has 0 heterocycles. The Bertz CT molecular complexity index is 265. The van der Waals surface area contributed by atoms with Gasteiger partial charge in [0.1, 0.15) is 0 Å². The Balaban J connectivity index is 3.10. The number of rotatable bonds is 2. The summed E-state index contributed by atoms with van der Waals surface area (Å²) in [4.78, 5) is 0. The Morgan fingerprint density at radius 1 is 1.33 bits per heavy atom. The van der Waals surface area contributed by atoms with Gasteiger partial charge in [0, 0.05) is 0 Å². The van der Waals surface area contributed by atoms with Gasteiger partial charge in [-0.05, 0) is 6.92 Å². The second kappa shape index (κ2) is 3.56. The fourth-order valence-electron chi connectivity index (χ4n) is 0.862. The number of benzene rings is 1. The topological polar surface area (TPSA) is 9.23 Å². The van der Waals surface area contributed by atoms with Crippen molar-refractivity contribution in [1.82, 2.24) is 0 Å². The molecule has 0 amide bonds. The van der Waals surface area contributed by atoms with Crippen LogP contribution in [-0.2, 0) is 0 Å². The Hall–Kier alpha value is -1.06. The predicted octanol–water partition coefficient (Wildman–Crippen LogP) is 1.16. The van der Waals surface area contributed by atoms with E-state index in [0.29, 0.717) is 0 Å². The first-order valence-electron chi connectivity index (χ1n) is 3.52. The molecule has 0 aliphatic carbocycles. The number of hydrogen-bond donors (Lipinski definition) is 0. The van der Waals surface area contributed by atoms with Crippen molar-refractivity contribution in [3.63, 3.8) is 0 Å². The van der Waals surface area contributed by atoms with Crippen LogP contribution in [0, 0.1) is 11.6 Å². The fraction of sp³-hybridized carbons (Fsp3) is 0.250. The van der Waals surface area contributed by atoms with E-state index in [2.05, 4.69) is 0 Å². The van der Waals surface area contributed by atoms with Gasteiger partial charge < -0.3 is 18.0 Å². The molecule has 0 bridgehead atoms. The highest BCUT2D eigenvalue weighted by Gasteiger charge is 2.07. The number of hydrogen-bond acceptors (Lipinski definition) is 1. The molecule has 0 saturated heterocycles. The summed E-state index contributed by atoms with van der Waals surface area (Å²) in [5, 5.41) is 0. The molecule has 0 atom stereocenters. The van der Waals surface area contributed by atoms with Crippen molar-refractivity contribution in [1.29, 1.82) is 0 Å². The average molecular weight is 168 g/mol. The monoisotopic (exact) mass is 168 g/mol. The summed E-state index contributed by atoms with van der Waals surface area (Å²) < 4.78 is 30.4. The first-order chi connectivity index (χ1) is 5.65. The van der Waals surface area contributed by atoms with Gasteiger partial charge in [-0.1, -0.05) is 12.1 Å². The molecule has 1 aromatic rings. The molecule has 4 heteroatoms. The molecular formula is C8H7BF2O-. The minimum Gasteiger partial charge on any atom is -0.580 e. The molecule has 1 aromatic carbocycles. The molecule has 0 fully saturated rings. The highest BCUT2D eigenvalue weighted by molar-refractivity contribution is 6.32. The van der Waals surface area contributed by atoms with Crippen LogP contribution in [0.3, 0.4) is 0 Å². The average Bonchev–Trinajstić information content (AvgIpc) is 1.96. The van der Waals surface area contributed by atoms with Crippen LogP contribution in [0.15, 0.2) is 12.1 Å². The third-order valence-corrected chi connectivity index (χ3v) is 1.31. The lowest BCUT2D eigenvalue weighted by Crippen LogP contribution is -2.07. The SMILES string of the molecule is [B-]c1cc(F)c(OCC)c(F)c1.